The number of pyridine rings is 2. The Hall–Kier alpha value is -1.78. The topological polar surface area (TPSA) is 38.2 Å². The zero-order valence-corrected chi connectivity index (χ0v) is 14.3. The minimum absolute atomic E-state index is 0.740. The molecule has 122 valence electrons. The molecule has 2 aromatic heterocycles. The molecule has 4 nitrogen and oxygen atoms in total. The number of aryl methyl sites for hydroxylation is 2. The molecule has 0 aromatic carbocycles. The minimum atomic E-state index is 0.740. The fraction of sp³-hybridized carbons (Fsp3) is 0.474. The van der Waals surface area contributed by atoms with Crippen LogP contribution < -0.4 is 0 Å². The van der Waals surface area contributed by atoms with Gasteiger partial charge in [-0.05, 0) is 43.1 Å². The Bertz CT molecular complexity index is 684. The zero-order chi connectivity index (χ0) is 16.2. The molecule has 0 atom stereocenters. The third kappa shape index (κ3) is 4.15. The van der Waals surface area contributed by atoms with Crippen LogP contribution in [0.1, 0.15) is 33.6 Å². The van der Waals surface area contributed by atoms with Crippen LogP contribution in [0.5, 0.6) is 0 Å². The van der Waals surface area contributed by atoms with Crippen molar-refractivity contribution in [1.29, 1.82) is 0 Å². The van der Waals surface area contributed by atoms with Crippen LogP contribution in [0, 0.1) is 13.8 Å². The summed E-state index contributed by atoms with van der Waals surface area (Å²) in [6.45, 7) is 7.92. The molecule has 2 aliphatic heterocycles. The van der Waals surface area contributed by atoms with Crippen LogP contribution in [0.3, 0.4) is 0 Å². The number of hydrogen-bond acceptors (Lipinski definition) is 4. The van der Waals surface area contributed by atoms with Gasteiger partial charge in [0.1, 0.15) is 0 Å². The van der Waals surface area contributed by atoms with Crippen LogP contribution in [0.25, 0.3) is 0 Å². The summed E-state index contributed by atoms with van der Waals surface area (Å²) >= 11 is 0. The first-order valence-electron chi connectivity index (χ1n) is 8.27. The molecule has 4 heterocycles. The molecule has 0 saturated carbocycles. The number of ether oxygens (including phenoxy) is 1. The molecule has 0 saturated heterocycles. The highest BCUT2D eigenvalue weighted by atomic mass is 16.5. The van der Waals surface area contributed by atoms with Crippen molar-refractivity contribution >= 4 is 0 Å². The Morgan fingerprint density at radius 2 is 1.61 bits per heavy atom. The van der Waals surface area contributed by atoms with Gasteiger partial charge in [0.15, 0.2) is 0 Å². The van der Waals surface area contributed by atoms with Crippen molar-refractivity contribution in [3.05, 3.63) is 58.2 Å². The number of rotatable bonds is 0. The molecule has 0 spiro atoms. The van der Waals surface area contributed by atoms with Crippen LogP contribution in [0.4, 0.5) is 0 Å². The fourth-order valence-electron chi connectivity index (χ4n) is 3.05. The summed E-state index contributed by atoms with van der Waals surface area (Å²) in [5.41, 5.74) is 7.65. The lowest BCUT2D eigenvalue weighted by atomic mass is 10.0. The first-order valence-corrected chi connectivity index (χ1v) is 8.27. The standard InChI is InChI=1S/C10H14N2.C9H11NO/c1-8-5-9-7-12(2)4-3-10(9)11-6-8;1-7-4-8-6-11-3-2-9(8)10-5-7/h5-6H,3-4,7H2,1-2H3;4-5H,2-3,6H2,1H3. The molecular formula is C19H25N3O. The molecule has 0 bridgehead atoms. The maximum atomic E-state index is 5.31. The van der Waals surface area contributed by atoms with E-state index in [0.717, 1.165) is 39.1 Å². The van der Waals surface area contributed by atoms with E-state index in [9.17, 15) is 0 Å². The molecule has 0 radical (unpaired) electrons. The second-order valence-electron chi connectivity index (χ2n) is 6.53. The molecule has 4 rings (SSSR count). The Morgan fingerprint density at radius 3 is 2.35 bits per heavy atom. The van der Waals surface area contributed by atoms with Gasteiger partial charge >= 0.3 is 0 Å². The second kappa shape index (κ2) is 7.20. The highest BCUT2D eigenvalue weighted by molar-refractivity contribution is 5.26. The zero-order valence-electron chi connectivity index (χ0n) is 14.3. The molecule has 0 N–H and O–H groups in total. The molecule has 23 heavy (non-hydrogen) atoms. The van der Waals surface area contributed by atoms with Crippen LogP contribution >= 0.6 is 0 Å². The van der Waals surface area contributed by atoms with Crippen LogP contribution in [0.15, 0.2) is 24.5 Å². The number of hydrogen-bond donors (Lipinski definition) is 0. The molecule has 4 heteroatoms. The van der Waals surface area contributed by atoms with Crippen molar-refractivity contribution in [3.8, 4) is 0 Å². The van der Waals surface area contributed by atoms with E-state index in [1.807, 2.05) is 12.4 Å². The molecule has 0 aliphatic carbocycles. The molecule has 0 unspecified atom stereocenters. The van der Waals surface area contributed by atoms with Crippen LogP contribution in [0.2, 0.25) is 0 Å². The second-order valence-corrected chi connectivity index (χ2v) is 6.53. The Morgan fingerprint density at radius 1 is 0.957 bits per heavy atom. The summed E-state index contributed by atoms with van der Waals surface area (Å²) in [5, 5.41) is 0. The van der Waals surface area contributed by atoms with E-state index < -0.39 is 0 Å². The lowest BCUT2D eigenvalue weighted by Crippen LogP contribution is -2.27. The Labute approximate surface area is 138 Å². The van der Waals surface area contributed by atoms with E-state index >= 15 is 0 Å². The van der Waals surface area contributed by atoms with Gasteiger partial charge in [-0.15, -0.1) is 0 Å². The molecule has 0 amide bonds. The van der Waals surface area contributed by atoms with Gasteiger partial charge in [0.25, 0.3) is 0 Å². The van der Waals surface area contributed by atoms with E-state index in [1.165, 1.54) is 33.6 Å². The smallest absolute Gasteiger partial charge is 0.0734 e. The van der Waals surface area contributed by atoms with Crippen molar-refractivity contribution in [2.45, 2.75) is 39.8 Å². The average molecular weight is 311 g/mol. The van der Waals surface area contributed by atoms with Gasteiger partial charge in [-0.25, -0.2) is 0 Å². The predicted octanol–water partition coefficient (Wildman–Crippen LogP) is 2.84. The SMILES string of the molecule is Cc1cnc2c(c1)CN(C)CC2.Cc1cnc2c(c1)COCC2. The van der Waals surface area contributed by atoms with Crippen molar-refractivity contribution in [3.63, 3.8) is 0 Å². The monoisotopic (exact) mass is 311 g/mol. The first-order chi connectivity index (χ1) is 11.1. The fourth-order valence-corrected chi connectivity index (χ4v) is 3.05. The molecule has 2 aromatic rings. The van der Waals surface area contributed by atoms with E-state index in [2.05, 4.69) is 47.9 Å². The molecule has 0 fully saturated rings. The third-order valence-corrected chi connectivity index (χ3v) is 4.30. The van der Waals surface area contributed by atoms with Crippen molar-refractivity contribution < 1.29 is 4.74 Å². The summed E-state index contributed by atoms with van der Waals surface area (Å²) in [6, 6.07) is 4.40. The summed E-state index contributed by atoms with van der Waals surface area (Å²) in [6.07, 6.45) is 5.95. The van der Waals surface area contributed by atoms with Gasteiger partial charge in [-0.1, -0.05) is 12.1 Å². The van der Waals surface area contributed by atoms with Crippen molar-refractivity contribution in [2.24, 2.45) is 0 Å². The Balaban J connectivity index is 0.000000136. The van der Waals surface area contributed by atoms with Gasteiger partial charge in [0, 0.05) is 49.7 Å². The van der Waals surface area contributed by atoms with Gasteiger partial charge in [0.2, 0.25) is 0 Å². The maximum Gasteiger partial charge on any atom is 0.0734 e. The largest absolute Gasteiger partial charge is 0.376 e. The van der Waals surface area contributed by atoms with E-state index in [1.54, 1.807) is 0 Å². The number of nitrogens with zero attached hydrogens (tertiary/aromatic N) is 3. The first kappa shape index (κ1) is 16.1. The normalized spacial score (nSPS) is 16.8. The van der Waals surface area contributed by atoms with Gasteiger partial charge < -0.3 is 9.64 Å². The average Bonchev–Trinajstić information content (AvgIpc) is 2.55. The highest BCUT2D eigenvalue weighted by Gasteiger charge is 2.13. The van der Waals surface area contributed by atoms with E-state index in [0.29, 0.717) is 0 Å². The molecular weight excluding hydrogens is 286 g/mol. The minimum Gasteiger partial charge on any atom is -0.376 e. The van der Waals surface area contributed by atoms with E-state index in [-0.39, 0.29) is 0 Å². The lowest BCUT2D eigenvalue weighted by Gasteiger charge is -2.24. The van der Waals surface area contributed by atoms with Crippen LogP contribution in [-0.4, -0.2) is 35.1 Å². The van der Waals surface area contributed by atoms with Crippen molar-refractivity contribution in [1.82, 2.24) is 14.9 Å². The van der Waals surface area contributed by atoms with Gasteiger partial charge in [-0.3, -0.25) is 9.97 Å². The number of aromatic nitrogens is 2. The summed E-state index contributed by atoms with van der Waals surface area (Å²) in [5.74, 6) is 0. The van der Waals surface area contributed by atoms with Gasteiger partial charge in [0.05, 0.1) is 13.2 Å². The van der Waals surface area contributed by atoms with Crippen molar-refractivity contribution in [2.75, 3.05) is 20.2 Å². The summed E-state index contributed by atoms with van der Waals surface area (Å²) in [4.78, 5) is 11.1. The predicted molar refractivity (Wildman–Crippen MR) is 91.3 cm³/mol. The third-order valence-electron chi connectivity index (χ3n) is 4.30. The van der Waals surface area contributed by atoms with Gasteiger partial charge in [-0.2, -0.15) is 0 Å². The molecule has 2 aliphatic rings. The van der Waals surface area contributed by atoms with Crippen LogP contribution in [-0.2, 0) is 30.7 Å². The number of fused-ring (bicyclic) bond motifs is 2. The number of likely N-dealkylation sites (N-methyl/N-ethyl adjacent to an activating group) is 1. The highest BCUT2D eigenvalue weighted by Crippen LogP contribution is 2.16. The Kier molecular flexibility index (Phi) is 5.03. The lowest BCUT2D eigenvalue weighted by molar-refractivity contribution is 0.109. The van der Waals surface area contributed by atoms with E-state index in [4.69, 9.17) is 4.74 Å². The maximum absolute atomic E-state index is 5.31. The summed E-state index contributed by atoms with van der Waals surface area (Å²) in [7, 11) is 2.16. The quantitative estimate of drug-likeness (QED) is 0.750. The summed E-state index contributed by atoms with van der Waals surface area (Å²) < 4.78 is 5.31.